The number of rotatable bonds is 5. The van der Waals surface area contributed by atoms with Crippen molar-refractivity contribution in [3.8, 4) is 0 Å². The summed E-state index contributed by atoms with van der Waals surface area (Å²) in [5.74, 6) is 0.278. The lowest BCUT2D eigenvalue weighted by Crippen LogP contribution is -2.08. The van der Waals surface area contributed by atoms with E-state index in [9.17, 15) is 4.39 Å². The molecule has 2 N–H and O–H groups in total. The minimum absolute atomic E-state index is 0.0707. The highest BCUT2D eigenvalue weighted by molar-refractivity contribution is 9.10. The van der Waals surface area contributed by atoms with Crippen LogP contribution in [0.2, 0.25) is 5.28 Å². The normalized spacial score (nSPS) is 10.5. The maximum absolute atomic E-state index is 13.6. The summed E-state index contributed by atoms with van der Waals surface area (Å²) < 4.78 is 14.0. The minimum atomic E-state index is -0.368. The van der Waals surface area contributed by atoms with Crippen LogP contribution in [0.4, 0.5) is 22.0 Å². The smallest absolute Gasteiger partial charge is 0.233 e. The highest BCUT2D eigenvalue weighted by Gasteiger charge is 2.09. The molecule has 1 aromatic heterocycles. The highest BCUT2D eigenvalue weighted by atomic mass is 79.9. The quantitative estimate of drug-likeness (QED) is 0.817. The molecule has 0 amide bonds. The van der Waals surface area contributed by atoms with E-state index in [0.29, 0.717) is 16.1 Å². The van der Waals surface area contributed by atoms with Gasteiger partial charge in [-0.2, -0.15) is 15.0 Å². The number of nitrogens with one attached hydrogen (secondary N) is 2. The van der Waals surface area contributed by atoms with Crippen LogP contribution in [-0.4, -0.2) is 21.5 Å². The first-order chi connectivity index (χ1) is 9.99. The molecular formula is C13H14BrClFN5. The number of aromatic nitrogens is 3. The molecule has 21 heavy (non-hydrogen) atoms. The van der Waals surface area contributed by atoms with Crippen LogP contribution in [0, 0.1) is 12.7 Å². The number of hydrogen-bond acceptors (Lipinski definition) is 5. The van der Waals surface area contributed by atoms with E-state index in [1.807, 2.05) is 13.8 Å². The van der Waals surface area contributed by atoms with Gasteiger partial charge in [0.15, 0.2) is 0 Å². The molecule has 0 atom stereocenters. The highest BCUT2D eigenvalue weighted by Crippen LogP contribution is 2.26. The Kier molecular flexibility index (Phi) is 5.30. The topological polar surface area (TPSA) is 62.7 Å². The lowest BCUT2D eigenvalue weighted by atomic mass is 10.2. The van der Waals surface area contributed by atoms with E-state index in [0.717, 1.165) is 18.5 Å². The number of halogens is 3. The second-order valence-electron chi connectivity index (χ2n) is 4.38. The number of benzene rings is 1. The van der Waals surface area contributed by atoms with E-state index >= 15 is 0 Å². The Morgan fingerprint density at radius 2 is 1.95 bits per heavy atom. The Balaban J connectivity index is 2.27. The largest absolute Gasteiger partial charge is 0.354 e. The van der Waals surface area contributed by atoms with Crippen molar-refractivity contribution in [1.82, 2.24) is 15.0 Å². The van der Waals surface area contributed by atoms with Crippen LogP contribution in [0.3, 0.4) is 0 Å². The van der Waals surface area contributed by atoms with E-state index in [2.05, 4.69) is 41.5 Å². The van der Waals surface area contributed by atoms with Gasteiger partial charge < -0.3 is 10.6 Å². The van der Waals surface area contributed by atoms with Crippen molar-refractivity contribution in [3.05, 3.63) is 33.3 Å². The first kappa shape index (κ1) is 15.9. The molecule has 5 nitrogen and oxygen atoms in total. The van der Waals surface area contributed by atoms with Gasteiger partial charge in [0.1, 0.15) is 5.82 Å². The van der Waals surface area contributed by atoms with Gasteiger partial charge in [-0.15, -0.1) is 0 Å². The van der Waals surface area contributed by atoms with Gasteiger partial charge >= 0.3 is 0 Å². The molecule has 2 rings (SSSR count). The van der Waals surface area contributed by atoms with E-state index in [4.69, 9.17) is 11.6 Å². The van der Waals surface area contributed by atoms with Crippen LogP contribution in [0.25, 0.3) is 0 Å². The Hall–Kier alpha value is -1.47. The second-order valence-corrected chi connectivity index (χ2v) is 5.58. The average Bonchev–Trinajstić information content (AvgIpc) is 2.42. The first-order valence-electron chi connectivity index (χ1n) is 6.37. The summed E-state index contributed by atoms with van der Waals surface area (Å²) in [4.78, 5) is 12.2. The number of aryl methyl sites for hydroxylation is 1. The number of hydrogen-bond donors (Lipinski definition) is 2. The molecule has 0 aliphatic rings. The van der Waals surface area contributed by atoms with E-state index in [-0.39, 0.29) is 17.0 Å². The molecule has 8 heteroatoms. The van der Waals surface area contributed by atoms with Gasteiger partial charge in [0.2, 0.25) is 17.2 Å². The predicted octanol–water partition coefficient (Wildman–Crippen LogP) is 4.30. The maximum Gasteiger partial charge on any atom is 0.233 e. The summed E-state index contributed by atoms with van der Waals surface area (Å²) in [6.07, 6.45) is 0.934. The zero-order chi connectivity index (χ0) is 15.4. The molecular weight excluding hydrogens is 361 g/mol. The Labute approximate surface area is 135 Å². The molecule has 112 valence electrons. The SMILES string of the molecule is CCCNc1nc(Cl)nc(Nc2cc(F)c(Br)cc2C)n1. The van der Waals surface area contributed by atoms with Gasteiger partial charge in [0.05, 0.1) is 4.47 Å². The molecule has 0 fully saturated rings. The average molecular weight is 375 g/mol. The van der Waals surface area contributed by atoms with Gasteiger partial charge in [-0.25, -0.2) is 4.39 Å². The summed E-state index contributed by atoms with van der Waals surface area (Å²) in [5, 5.41) is 6.05. The van der Waals surface area contributed by atoms with Crippen molar-refractivity contribution < 1.29 is 4.39 Å². The lowest BCUT2D eigenvalue weighted by Gasteiger charge is -2.10. The summed E-state index contributed by atoms with van der Waals surface area (Å²) >= 11 is 9.01. The van der Waals surface area contributed by atoms with Gasteiger partial charge in [-0.1, -0.05) is 6.92 Å². The van der Waals surface area contributed by atoms with E-state index in [1.165, 1.54) is 6.07 Å². The maximum atomic E-state index is 13.6. The van der Waals surface area contributed by atoms with E-state index < -0.39 is 0 Å². The molecule has 2 aromatic rings. The van der Waals surface area contributed by atoms with Crippen molar-refractivity contribution in [2.24, 2.45) is 0 Å². The van der Waals surface area contributed by atoms with Crippen LogP contribution < -0.4 is 10.6 Å². The molecule has 0 saturated heterocycles. The van der Waals surface area contributed by atoms with Crippen molar-refractivity contribution in [2.45, 2.75) is 20.3 Å². The Morgan fingerprint density at radius 1 is 1.24 bits per heavy atom. The molecule has 0 aliphatic carbocycles. The van der Waals surface area contributed by atoms with E-state index in [1.54, 1.807) is 6.07 Å². The van der Waals surface area contributed by atoms with Crippen molar-refractivity contribution >= 4 is 45.1 Å². The lowest BCUT2D eigenvalue weighted by molar-refractivity contribution is 0.621. The summed E-state index contributed by atoms with van der Waals surface area (Å²) in [7, 11) is 0. The molecule has 0 aliphatic heterocycles. The molecule has 0 radical (unpaired) electrons. The zero-order valence-corrected chi connectivity index (χ0v) is 13.9. The fourth-order valence-electron chi connectivity index (χ4n) is 1.62. The van der Waals surface area contributed by atoms with Crippen molar-refractivity contribution in [2.75, 3.05) is 17.2 Å². The second kappa shape index (κ2) is 7.00. The Bertz CT molecular complexity index is 653. The summed E-state index contributed by atoms with van der Waals surface area (Å²) in [6.45, 7) is 4.61. The predicted molar refractivity (Wildman–Crippen MR) is 85.7 cm³/mol. The fraction of sp³-hybridized carbons (Fsp3) is 0.308. The third kappa shape index (κ3) is 4.25. The zero-order valence-electron chi connectivity index (χ0n) is 11.5. The summed E-state index contributed by atoms with van der Waals surface area (Å²) in [5.41, 5.74) is 1.42. The van der Waals surface area contributed by atoms with Crippen LogP contribution in [0.1, 0.15) is 18.9 Å². The summed E-state index contributed by atoms with van der Waals surface area (Å²) in [6, 6.07) is 3.05. The van der Waals surface area contributed by atoms with Gasteiger partial charge in [0.25, 0.3) is 0 Å². The van der Waals surface area contributed by atoms with Gasteiger partial charge in [0, 0.05) is 12.2 Å². The van der Waals surface area contributed by atoms with Crippen molar-refractivity contribution in [1.29, 1.82) is 0 Å². The molecule has 1 heterocycles. The third-order valence-corrected chi connectivity index (χ3v) is 3.43. The molecule has 0 spiro atoms. The first-order valence-corrected chi connectivity index (χ1v) is 7.54. The van der Waals surface area contributed by atoms with Crippen LogP contribution in [0.5, 0.6) is 0 Å². The molecule has 1 aromatic carbocycles. The molecule has 0 unspecified atom stereocenters. The van der Waals surface area contributed by atoms with Crippen LogP contribution in [-0.2, 0) is 0 Å². The van der Waals surface area contributed by atoms with Crippen LogP contribution >= 0.6 is 27.5 Å². The monoisotopic (exact) mass is 373 g/mol. The number of nitrogens with zero attached hydrogens (tertiary/aromatic N) is 3. The standard InChI is InChI=1S/C13H14BrClFN5/c1-3-4-17-12-19-11(15)20-13(21-12)18-10-6-9(16)8(14)5-7(10)2/h5-6H,3-4H2,1-2H3,(H2,17,18,19,20,21). The molecule has 0 saturated carbocycles. The van der Waals surface area contributed by atoms with Gasteiger partial charge in [-0.3, -0.25) is 0 Å². The van der Waals surface area contributed by atoms with Crippen LogP contribution in [0.15, 0.2) is 16.6 Å². The minimum Gasteiger partial charge on any atom is -0.354 e. The van der Waals surface area contributed by atoms with Crippen molar-refractivity contribution in [3.63, 3.8) is 0 Å². The van der Waals surface area contributed by atoms with Gasteiger partial charge in [-0.05, 0) is 58.6 Å². The fourth-order valence-corrected chi connectivity index (χ4v) is 2.24. The number of anilines is 3. The third-order valence-electron chi connectivity index (χ3n) is 2.65. The Morgan fingerprint density at radius 3 is 2.67 bits per heavy atom. The molecule has 0 bridgehead atoms.